The quantitative estimate of drug-likeness (QED) is 0.262. The van der Waals surface area contributed by atoms with Crippen LogP contribution in [0.5, 0.6) is 0 Å². The Balaban J connectivity index is 0.000000557. The van der Waals surface area contributed by atoms with Gasteiger partial charge in [-0.05, 0) is 65.6 Å². The third-order valence-electron chi connectivity index (χ3n) is 6.89. The molecule has 40 heavy (non-hydrogen) atoms. The number of carbonyl (C=O) groups is 2. The second-order valence-corrected chi connectivity index (χ2v) is 10.2. The van der Waals surface area contributed by atoms with Crippen LogP contribution in [-0.2, 0) is 29.1 Å². The van der Waals surface area contributed by atoms with E-state index < -0.39 is 17.4 Å². The monoisotopic (exact) mass is 577 g/mol. The lowest BCUT2D eigenvalue weighted by atomic mass is 9.73. The first-order chi connectivity index (χ1) is 18.9. The summed E-state index contributed by atoms with van der Waals surface area (Å²) < 4.78 is 3.72. The Hall–Kier alpha value is -4.40. The Morgan fingerprint density at radius 2 is 1.50 bits per heavy atom. The first-order valence-electron chi connectivity index (χ1n) is 12.0. The van der Waals surface area contributed by atoms with Gasteiger partial charge in [0.25, 0.3) is 5.56 Å². The second-order valence-electron chi connectivity index (χ2n) is 9.33. The maximum absolute atomic E-state index is 12.8. The minimum Gasteiger partial charge on any atom is -0.473 e. The molecule has 0 saturated heterocycles. The number of aryl methyl sites for hydroxylation is 2. The molecular weight excluding hydrogens is 553 g/mol. The van der Waals surface area contributed by atoms with Gasteiger partial charge in [-0.15, -0.1) is 0 Å². The minimum absolute atomic E-state index is 0.0673. The molecule has 8 nitrogen and oxygen atoms in total. The lowest BCUT2D eigenvalue weighted by Gasteiger charge is -2.32. The van der Waals surface area contributed by atoms with Gasteiger partial charge in [0.1, 0.15) is 0 Å². The van der Waals surface area contributed by atoms with Crippen LogP contribution in [0.4, 0.5) is 0 Å². The molecule has 5 aromatic rings. The van der Waals surface area contributed by atoms with Crippen molar-refractivity contribution in [2.24, 2.45) is 14.1 Å². The van der Waals surface area contributed by atoms with Crippen molar-refractivity contribution >= 4 is 46.0 Å². The Bertz CT molecular complexity index is 1780. The molecule has 0 saturated carbocycles. The summed E-state index contributed by atoms with van der Waals surface area (Å²) >= 11 is 12.5. The molecule has 0 fully saturated rings. The Labute approximate surface area is 239 Å². The Morgan fingerprint density at radius 3 is 2.08 bits per heavy atom. The number of nitrogens with zero attached hydrogens (tertiary/aromatic N) is 3. The molecule has 0 aliphatic rings. The van der Waals surface area contributed by atoms with E-state index in [-0.39, 0.29) is 5.56 Å². The highest BCUT2D eigenvalue weighted by Crippen LogP contribution is 2.41. The summed E-state index contributed by atoms with van der Waals surface area (Å²) in [5.74, 6) is -3.65. The fourth-order valence-electron chi connectivity index (χ4n) is 4.75. The number of aliphatic carboxylic acids is 2. The lowest BCUT2D eigenvalue weighted by molar-refractivity contribution is -0.159. The van der Waals surface area contributed by atoms with E-state index in [0.29, 0.717) is 10.0 Å². The van der Waals surface area contributed by atoms with Crippen LogP contribution in [0.2, 0.25) is 10.0 Å². The summed E-state index contributed by atoms with van der Waals surface area (Å²) in [4.78, 5) is 35.4. The lowest BCUT2D eigenvalue weighted by Crippen LogP contribution is -2.28. The molecule has 0 aliphatic carbocycles. The summed E-state index contributed by atoms with van der Waals surface area (Å²) in [6, 6.07) is 23.5. The average Bonchev–Trinajstić information content (AvgIpc) is 3.37. The van der Waals surface area contributed by atoms with Crippen molar-refractivity contribution in [2.45, 2.75) is 12.3 Å². The zero-order valence-electron chi connectivity index (χ0n) is 21.8. The second kappa shape index (κ2) is 11.4. The van der Waals surface area contributed by atoms with E-state index in [9.17, 15) is 4.79 Å². The predicted molar refractivity (Wildman–Crippen MR) is 155 cm³/mol. The molecule has 0 bridgehead atoms. The molecule has 2 aromatic heterocycles. The zero-order valence-corrected chi connectivity index (χ0v) is 23.3. The predicted octanol–water partition coefficient (Wildman–Crippen LogP) is 5.76. The molecule has 0 amide bonds. The van der Waals surface area contributed by atoms with E-state index in [2.05, 4.69) is 36.2 Å². The number of rotatable bonds is 4. The number of benzene rings is 3. The molecule has 10 heteroatoms. The molecule has 0 radical (unpaired) electrons. The van der Waals surface area contributed by atoms with Gasteiger partial charge in [-0.1, -0.05) is 53.5 Å². The normalized spacial score (nSPS) is 12.3. The summed E-state index contributed by atoms with van der Waals surface area (Å²) in [6.07, 6.45) is 3.71. The van der Waals surface area contributed by atoms with E-state index in [1.165, 1.54) is 0 Å². The van der Waals surface area contributed by atoms with E-state index in [0.717, 1.165) is 38.9 Å². The van der Waals surface area contributed by atoms with Gasteiger partial charge in [-0.25, -0.2) is 14.6 Å². The number of aromatic nitrogens is 3. The SMILES string of the molecule is Cn1cncc1C(C)(c1ccc(Cl)cc1)c1ccc2c(c1)c(-c1cccc(Cl)c1)cc(=O)n2C.O=C(O)C(=O)O. The van der Waals surface area contributed by atoms with Gasteiger partial charge in [-0.3, -0.25) is 4.79 Å². The number of carboxylic acids is 2. The molecule has 0 aliphatic heterocycles. The Morgan fingerprint density at radius 1 is 0.850 bits per heavy atom. The van der Waals surface area contributed by atoms with E-state index in [1.807, 2.05) is 66.6 Å². The van der Waals surface area contributed by atoms with Crippen LogP contribution in [0.15, 0.2) is 90.1 Å². The third kappa shape index (κ3) is 5.50. The number of hydrogen-bond donors (Lipinski definition) is 2. The first kappa shape index (κ1) is 28.6. The zero-order chi connectivity index (χ0) is 29.2. The van der Waals surface area contributed by atoms with Gasteiger partial charge >= 0.3 is 11.9 Å². The van der Waals surface area contributed by atoms with Crippen LogP contribution < -0.4 is 5.56 Å². The van der Waals surface area contributed by atoms with Crippen LogP contribution in [0.25, 0.3) is 22.0 Å². The van der Waals surface area contributed by atoms with Crippen molar-refractivity contribution in [2.75, 3.05) is 0 Å². The van der Waals surface area contributed by atoms with Crippen LogP contribution >= 0.6 is 23.2 Å². The number of pyridine rings is 1. The highest BCUT2D eigenvalue weighted by atomic mass is 35.5. The number of imidazole rings is 1. The van der Waals surface area contributed by atoms with Crippen molar-refractivity contribution in [1.82, 2.24) is 14.1 Å². The maximum Gasteiger partial charge on any atom is 0.414 e. The summed E-state index contributed by atoms with van der Waals surface area (Å²) in [5.41, 5.74) is 5.25. The Kier molecular flexibility index (Phi) is 8.13. The van der Waals surface area contributed by atoms with Crippen molar-refractivity contribution < 1.29 is 19.8 Å². The van der Waals surface area contributed by atoms with Gasteiger partial charge < -0.3 is 19.3 Å². The first-order valence-corrected chi connectivity index (χ1v) is 12.8. The standard InChI is InChI=1S/C28H23Cl2N3O.C2H2O4/c1-28(26-16-31-17-32(26)2,19-7-10-21(29)11-8-19)20-9-12-25-24(14-20)23(15-27(34)33(25)3)18-5-4-6-22(30)13-18;3-1(4)2(5)6/h4-17H,1-3H3;(H,3,4)(H,5,6). The van der Waals surface area contributed by atoms with E-state index in [4.69, 9.17) is 43.0 Å². The topological polar surface area (TPSA) is 114 Å². The summed E-state index contributed by atoms with van der Waals surface area (Å²) in [6.45, 7) is 2.19. The number of hydrogen-bond acceptors (Lipinski definition) is 4. The van der Waals surface area contributed by atoms with Gasteiger partial charge in [0.2, 0.25) is 0 Å². The minimum atomic E-state index is -1.82. The van der Waals surface area contributed by atoms with Crippen LogP contribution in [0.1, 0.15) is 23.7 Å². The fourth-order valence-corrected chi connectivity index (χ4v) is 5.07. The van der Waals surface area contributed by atoms with Gasteiger partial charge in [0.05, 0.1) is 23.0 Å². The van der Waals surface area contributed by atoms with Crippen LogP contribution in [0.3, 0.4) is 0 Å². The van der Waals surface area contributed by atoms with E-state index >= 15 is 0 Å². The molecular formula is C30H25Cl2N3O5. The molecule has 0 spiro atoms. The van der Waals surface area contributed by atoms with Gasteiger partial charge in [0, 0.05) is 41.8 Å². The summed E-state index contributed by atoms with van der Waals surface area (Å²) in [5, 5.41) is 17.1. The van der Waals surface area contributed by atoms with Crippen molar-refractivity contribution in [3.63, 3.8) is 0 Å². The molecule has 3 aromatic carbocycles. The largest absolute Gasteiger partial charge is 0.473 e. The van der Waals surface area contributed by atoms with E-state index in [1.54, 1.807) is 17.7 Å². The molecule has 204 valence electrons. The summed E-state index contributed by atoms with van der Waals surface area (Å²) in [7, 11) is 3.80. The van der Waals surface area contributed by atoms with Gasteiger partial charge in [0.15, 0.2) is 0 Å². The van der Waals surface area contributed by atoms with Crippen molar-refractivity contribution in [3.05, 3.63) is 123 Å². The van der Waals surface area contributed by atoms with Gasteiger partial charge in [-0.2, -0.15) is 0 Å². The average molecular weight is 578 g/mol. The number of carboxylic acid groups (broad SMARTS) is 2. The van der Waals surface area contributed by atoms with Crippen molar-refractivity contribution in [3.8, 4) is 11.1 Å². The molecule has 1 atom stereocenters. The smallest absolute Gasteiger partial charge is 0.414 e. The molecule has 2 N–H and O–H groups in total. The third-order valence-corrected chi connectivity index (χ3v) is 7.38. The van der Waals surface area contributed by atoms with Crippen LogP contribution in [0, 0.1) is 0 Å². The fraction of sp³-hybridized carbons (Fsp3) is 0.133. The molecule has 1 unspecified atom stereocenters. The van der Waals surface area contributed by atoms with Crippen molar-refractivity contribution in [1.29, 1.82) is 0 Å². The number of halogens is 2. The molecule has 5 rings (SSSR count). The molecule has 2 heterocycles. The van der Waals surface area contributed by atoms with Crippen LogP contribution in [-0.4, -0.2) is 36.3 Å². The highest BCUT2D eigenvalue weighted by molar-refractivity contribution is 6.31. The number of fused-ring (bicyclic) bond motifs is 1. The highest BCUT2D eigenvalue weighted by Gasteiger charge is 2.34. The maximum atomic E-state index is 12.8.